The molecule has 0 aromatic rings. The van der Waals surface area contributed by atoms with Crippen LogP contribution in [0.4, 0.5) is 0 Å². The Morgan fingerprint density at radius 2 is 1.62 bits per heavy atom. The minimum atomic E-state index is -0.439. The third-order valence-corrected chi connectivity index (χ3v) is 2.18. The second-order valence-electron chi connectivity index (χ2n) is 4.13. The van der Waals surface area contributed by atoms with E-state index in [0.29, 0.717) is 19.5 Å². The van der Waals surface area contributed by atoms with Crippen LogP contribution in [-0.2, 0) is 9.59 Å². The zero-order chi connectivity index (χ0) is 12.6. The SMILES string of the molecule is CCC[C@H](N)C(=O)NCCNC(=O)C(C)C. The molecule has 4 N–H and O–H groups in total. The molecule has 1 atom stereocenters. The summed E-state index contributed by atoms with van der Waals surface area (Å²) in [4.78, 5) is 22.5. The summed E-state index contributed by atoms with van der Waals surface area (Å²) in [5.41, 5.74) is 5.62. The van der Waals surface area contributed by atoms with Gasteiger partial charge in [0.1, 0.15) is 0 Å². The Morgan fingerprint density at radius 1 is 1.12 bits per heavy atom. The van der Waals surface area contributed by atoms with Crippen molar-refractivity contribution in [3.63, 3.8) is 0 Å². The van der Waals surface area contributed by atoms with Crippen molar-refractivity contribution in [2.45, 2.75) is 39.7 Å². The van der Waals surface area contributed by atoms with Crippen molar-refractivity contribution in [1.82, 2.24) is 10.6 Å². The molecule has 0 spiro atoms. The number of nitrogens with one attached hydrogen (secondary N) is 2. The normalized spacial score (nSPS) is 12.3. The van der Waals surface area contributed by atoms with Crippen LogP contribution in [0.3, 0.4) is 0 Å². The zero-order valence-electron chi connectivity index (χ0n) is 10.4. The first-order valence-electron chi connectivity index (χ1n) is 5.80. The number of carbonyl (C=O) groups excluding carboxylic acids is 2. The molecule has 0 aliphatic carbocycles. The van der Waals surface area contributed by atoms with Crippen LogP contribution in [0, 0.1) is 5.92 Å². The Hall–Kier alpha value is -1.10. The van der Waals surface area contributed by atoms with Gasteiger partial charge >= 0.3 is 0 Å². The minimum Gasteiger partial charge on any atom is -0.354 e. The fourth-order valence-electron chi connectivity index (χ4n) is 1.15. The molecule has 94 valence electrons. The van der Waals surface area contributed by atoms with Crippen molar-refractivity contribution in [3.8, 4) is 0 Å². The number of hydrogen-bond acceptors (Lipinski definition) is 3. The summed E-state index contributed by atoms with van der Waals surface area (Å²) in [6.07, 6.45) is 1.57. The average Bonchev–Trinajstić information content (AvgIpc) is 2.23. The topological polar surface area (TPSA) is 84.2 Å². The lowest BCUT2D eigenvalue weighted by Crippen LogP contribution is -2.43. The third kappa shape index (κ3) is 6.40. The van der Waals surface area contributed by atoms with E-state index < -0.39 is 6.04 Å². The summed E-state index contributed by atoms with van der Waals surface area (Å²) in [7, 11) is 0. The molecule has 16 heavy (non-hydrogen) atoms. The smallest absolute Gasteiger partial charge is 0.236 e. The first-order valence-corrected chi connectivity index (χ1v) is 5.80. The highest BCUT2D eigenvalue weighted by atomic mass is 16.2. The molecular formula is C11H23N3O2. The summed E-state index contributed by atoms with van der Waals surface area (Å²) in [6, 6.07) is -0.439. The van der Waals surface area contributed by atoms with Crippen LogP contribution < -0.4 is 16.4 Å². The molecule has 0 saturated carbocycles. The predicted octanol–water partition coefficient (Wildman–Crippen LogP) is 0.00220. The second kappa shape index (κ2) is 8.10. The van der Waals surface area contributed by atoms with E-state index in [2.05, 4.69) is 10.6 Å². The van der Waals surface area contributed by atoms with Crippen LogP contribution in [-0.4, -0.2) is 30.9 Å². The molecule has 0 aliphatic rings. The quantitative estimate of drug-likeness (QED) is 0.537. The molecule has 0 saturated heterocycles. The van der Waals surface area contributed by atoms with Crippen molar-refractivity contribution in [1.29, 1.82) is 0 Å². The largest absolute Gasteiger partial charge is 0.354 e. The van der Waals surface area contributed by atoms with Gasteiger partial charge < -0.3 is 16.4 Å². The fourth-order valence-corrected chi connectivity index (χ4v) is 1.15. The highest BCUT2D eigenvalue weighted by molar-refractivity contribution is 5.81. The van der Waals surface area contributed by atoms with Gasteiger partial charge in [0.15, 0.2) is 0 Å². The molecule has 0 aromatic carbocycles. The molecule has 0 heterocycles. The van der Waals surface area contributed by atoms with Gasteiger partial charge in [0.2, 0.25) is 11.8 Å². The summed E-state index contributed by atoms with van der Waals surface area (Å²) in [6.45, 7) is 6.50. The minimum absolute atomic E-state index is 0.00731. The van der Waals surface area contributed by atoms with Crippen LogP contribution in [0.1, 0.15) is 33.6 Å². The molecule has 0 aromatic heterocycles. The number of amides is 2. The molecule has 0 unspecified atom stereocenters. The van der Waals surface area contributed by atoms with Gasteiger partial charge in [-0.2, -0.15) is 0 Å². The molecule has 0 aliphatic heterocycles. The second-order valence-corrected chi connectivity index (χ2v) is 4.13. The number of rotatable bonds is 7. The maximum Gasteiger partial charge on any atom is 0.236 e. The van der Waals surface area contributed by atoms with E-state index in [0.717, 1.165) is 6.42 Å². The van der Waals surface area contributed by atoms with E-state index in [1.807, 2.05) is 20.8 Å². The van der Waals surface area contributed by atoms with Gasteiger partial charge in [0.05, 0.1) is 6.04 Å². The standard InChI is InChI=1S/C11H23N3O2/c1-4-5-9(12)11(16)14-7-6-13-10(15)8(2)3/h8-9H,4-7,12H2,1-3H3,(H,13,15)(H,14,16)/t9-/m0/s1. The number of hydrogen-bond donors (Lipinski definition) is 3. The molecule has 0 radical (unpaired) electrons. The van der Waals surface area contributed by atoms with Gasteiger partial charge in [-0.3, -0.25) is 9.59 Å². The summed E-state index contributed by atoms with van der Waals surface area (Å²) in [5.74, 6) is -0.189. The maximum absolute atomic E-state index is 11.4. The van der Waals surface area contributed by atoms with Gasteiger partial charge in [0.25, 0.3) is 0 Å². The summed E-state index contributed by atoms with van der Waals surface area (Å²) < 4.78 is 0. The summed E-state index contributed by atoms with van der Waals surface area (Å²) in [5, 5.41) is 5.40. The average molecular weight is 229 g/mol. The van der Waals surface area contributed by atoms with E-state index in [9.17, 15) is 9.59 Å². The Kier molecular flexibility index (Phi) is 7.54. The molecular weight excluding hydrogens is 206 g/mol. The van der Waals surface area contributed by atoms with Gasteiger partial charge in [-0.05, 0) is 6.42 Å². The molecule has 0 fully saturated rings. The van der Waals surface area contributed by atoms with Crippen molar-refractivity contribution in [2.24, 2.45) is 11.7 Å². The first kappa shape index (κ1) is 14.9. The lowest BCUT2D eigenvalue weighted by molar-refractivity contribution is -0.125. The Bertz CT molecular complexity index is 229. The Labute approximate surface area is 97.2 Å². The predicted molar refractivity (Wildman–Crippen MR) is 63.7 cm³/mol. The first-order chi connectivity index (χ1) is 7.49. The number of carbonyl (C=O) groups is 2. The van der Waals surface area contributed by atoms with Crippen molar-refractivity contribution in [3.05, 3.63) is 0 Å². The fraction of sp³-hybridized carbons (Fsp3) is 0.818. The molecule has 5 nitrogen and oxygen atoms in total. The highest BCUT2D eigenvalue weighted by Crippen LogP contribution is 1.92. The molecule has 2 amide bonds. The monoisotopic (exact) mass is 229 g/mol. The van der Waals surface area contributed by atoms with Gasteiger partial charge in [0, 0.05) is 19.0 Å². The van der Waals surface area contributed by atoms with E-state index in [-0.39, 0.29) is 17.7 Å². The van der Waals surface area contributed by atoms with E-state index in [1.165, 1.54) is 0 Å². The van der Waals surface area contributed by atoms with E-state index >= 15 is 0 Å². The van der Waals surface area contributed by atoms with Crippen LogP contribution in [0.5, 0.6) is 0 Å². The van der Waals surface area contributed by atoms with Crippen molar-refractivity contribution < 1.29 is 9.59 Å². The summed E-state index contributed by atoms with van der Waals surface area (Å²) >= 11 is 0. The van der Waals surface area contributed by atoms with Crippen molar-refractivity contribution >= 4 is 11.8 Å². The van der Waals surface area contributed by atoms with Crippen LogP contribution >= 0.6 is 0 Å². The third-order valence-electron chi connectivity index (χ3n) is 2.18. The lowest BCUT2D eigenvalue weighted by atomic mass is 10.2. The maximum atomic E-state index is 11.4. The van der Waals surface area contributed by atoms with Gasteiger partial charge in [-0.25, -0.2) is 0 Å². The van der Waals surface area contributed by atoms with E-state index in [4.69, 9.17) is 5.73 Å². The molecule has 0 rings (SSSR count). The van der Waals surface area contributed by atoms with Crippen molar-refractivity contribution in [2.75, 3.05) is 13.1 Å². The van der Waals surface area contributed by atoms with E-state index in [1.54, 1.807) is 0 Å². The van der Waals surface area contributed by atoms with Crippen LogP contribution in [0.2, 0.25) is 0 Å². The van der Waals surface area contributed by atoms with Gasteiger partial charge in [-0.15, -0.1) is 0 Å². The zero-order valence-corrected chi connectivity index (χ0v) is 10.4. The highest BCUT2D eigenvalue weighted by Gasteiger charge is 2.11. The molecule has 0 bridgehead atoms. The van der Waals surface area contributed by atoms with Crippen LogP contribution in [0.25, 0.3) is 0 Å². The Morgan fingerprint density at radius 3 is 2.06 bits per heavy atom. The van der Waals surface area contributed by atoms with Crippen LogP contribution in [0.15, 0.2) is 0 Å². The molecule has 5 heteroatoms. The lowest BCUT2D eigenvalue weighted by Gasteiger charge is -2.12. The Balaban J connectivity index is 3.59. The van der Waals surface area contributed by atoms with Gasteiger partial charge in [-0.1, -0.05) is 27.2 Å². The number of nitrogens with two attached hydrogens (primary N) is 1.